The molecule has 0 bridgehead atoms. The van der Waals surface area contributed by atoms with E-state index in [0.717, 1.165) is 38.9 Å². The largest absolute Gasteiger partial charge is 0.491 e. The third-order valence-electron chi connectivity index (χ3n) is 5.64. The minimum atomic E-state index is -0.910. The maximum atomic E-state index is 12.4. The van der Waals surface area contributed by atoms with Gasteiger partial charge in [0.05, 0.1) is 6.10 Å². The number of carboxylic acids is 1. The Hall–Kier alpha value is -3.57. The SMILES string of the molecule is Cc1ccc2c(CNCc3ccc(OC(C)C)cc3)c(C(=O)O)n(Cc3ccccc3)c2c1. The first-order valence-corrected chi connectivity index (χ1v) is 11.3. The maximum absolute atomic E-state index is 12.4. The standard InChI is InChI=1S/C28H30N2O3/c1-19(2)33-23-12-10-21(11-13-23)16-29-17-25-24-14-9-20(3)15-26(24)30(27(25)28(31)32)18-22-7-5-4-6-8-22/h4-15,19,29H,16-18H2,1-3H3,(H,31,32). The van der Waals surface area contributed by atoms with Crippen LogP contribution in [0.3, 0.4) is 0 Å². The number of nitrogens with one attached hydrogen (secondary N) is 1. The lowest BCUT2D eigenvalue weighted by molar-refractivity contribution is 0.0684. The van der Waals surface area contributed by atoms with E-state index in [2.05, 4.69) is 11.4 Å². The van der Waals surface area contributed by atoms with E-state index in [1.807, 2.05) is 92.1 Å². The van der Waals surface area contributed by atoms with Crippen molar-refractivity contribution in [1.82, 2.24) is 9.88 Å². The first kappa shape index (κ1) is 22.6. The molecule has 0 unspecified atom stereocenters. The van der Waals surface area contributed by atoms with E-state index < -0.39 is 5.97 Å². The van der Waals surface area contributed by atoms with Gasteiger partial charge in [-0.2, -0.15) is 0 Å². The Kier molecular flexibility index (Phi) is 6.80. The van der Waals surface area contributed by atoms with Crippen LogP contribution in [0.5, 0.6) is 5.75 Å². The summed E-state index contributed by atoms with van der Waals surface area (Å²) in [6.45, 7) is 7.66. The van der Waals surface area contributed by atoms with Gasteiger partial charge in [0.25, 0.3) is 0 Å². The van der Waals surface area contributed by atoms with Crippen LogP contribution < -0.4 is 10.1 Å². The van der Waals surface area contributed by atoms with Crippen LogP contribution >= 0.6 is 0 Å². The lowest BCUT2D eigenvalue weighted by Gasteiger charge is -2.11. The van der Waals surface area contributed by atoms with Crippen molar-refractivity contribution < 1.29 is 14.6 Å². The van der Waals surface area contributed by atoms with Gasteiger partial charge >= 0.3 is 5.97 Å². The first-order valence-electron chi connectivity index (χ1n) is 11.3. The predicted octanol–water partition coefficient (Wildman–Crippen LogP) is 5.77. The van der Waals surface area contributed by atoms with Gasteiger partial charge in [0, 0.05) is 36.1 Å². The van der Waals surface area contributed by atoms with E-state index in [1.165, 1.54) is 0 Å². The second kappa shape index (κ2) is 9.92. The van der Waals surface area contributed by atoms with Gasteiger partial charge in [0.1, 0.15) is 11.4 Å². The van der Waals surface area contributed by atoms with Crippen LogP contribution in [-0.4, -0.2) is 21.7 Å². The van der Waals surface area contributed by atoms with Gasteiger partial charge in [-0.15, -0.1) is 0 Å². The monoisotopic (exact) mass is 442 g/mol. The maximum Gasteiger partial charge on any atom is 0.352 e. The highest BCUT2D eigenvalue weighted by Crippen LogP contribution is 2.29. The molecule has 1 aromatic heterocycles. The summed E-state index contributed by atoms with van der Waals surface area (Å²) in [6, 6.07) is 24.1. The zero-order valence-electron chi connectivity index (χ0n) is 19.3. The lowest BCUT2D eigenvalue weighted by atomic mass is 10.1. The van der Waals surface area contributed by atoms with Crippen LogP contribution in [0.25, 0.3) is 10.9 Å². The summed E-state index contributed by atoms with van der Waals surface area (Å²) in [4.78, 5) is 12.4. The molecule has 33 heavy (non-hydrogen) atoms. The fourth-order valence-corrected chi connectivity index (χ4v) is 4.17. The second-order valence-electron chi connectivity index (χ2n) is 8.64. The number of hydrogen-bond donors (Lipinski definition) is 2. The number of rotatable bonds is 9. The number of aromatic carboxylic acids is 1. The minimum absolute atomic E-state index is 0.139. The van der Waals surface area contributed by atoms with E-state index in [0.29, 0.717) is 25.3 Å². The normalized spacial score (nSPS) is 11.3. The van der Waals surface area contributed by atoms with Crippen LogP contribution in [0, 0.1) is 6.92 Å². The fraction of sp³-hybridized carbons (Fsp3) is 0.250. The third-order valence-corrected chi connectivity index (χ3v) is 5.64. The second-order valence-corrected chi connectivity index (χ2v) is 8.64. The molecule has 0 saturated carbocycles. The number of aromatic nitrogens is 1. The van der Waals surface area contributed by atoms with Crippen molar-refractivity contribution in [2.24, 2.45) is 0 Å². The molecule has 5 nitrogen and oxygen atoms in total. The zero-order chi connectivity index (χ0) is 23.4. The van der Waals surface area contributed by atoms with E-state index in [1.54, 1.807) is 0 Å². The van der Waals surface area contributed by atoms with Gasteiger partial charge in [0.15, 0.2) is 0 Å². The number of nitrogens with zero attached hydrogens (tertiary/aromatic N) is 1. The molecular weight excluding hydrogens is 412 g/mol. The molecule has 4 rings (SSSR count). The van der Waals surface area contributed by atoms with Crippen molar-refractivity contribution in [1.29, 1.82) is 0 Å². The molecule has 5 heteroatoms. The Bertz CT molecular complexity index is 1240. The van der Waals surface area contributed by atoms with Crippen LogP contribution in [-0.2, 0) is 19.6 Å². The van der Waals surface area contributed by atoms with Gasteiger partial charge in [-0.25, -0.2) is 4.79 Å². The van der Waals surface area contributed by atoms with E-state index >= 15 is 0 Å². The topological polar surface area (TPSA) is 63.5 Å². The number of benzene rings is 3. The molecule has 170 valence electrons. The first-order chi connectivity index (χ1) is 15.9. The van der Waals surface area contributed by atoms with Crippen LogP contribution in [0.1, 0.15) is 46.6 Å². The summed E-state index contributed by atoms with van der Waals surface area (Å²) < 4.78 is 7.63. The molecule has 0 spiro atoms. The average Bonchev–Trinajstić information content (AvgIpc) is 3.08. The Labute approximate surface area is 194 Å². The van der Waals surface area contributed by atoms with Crippen molar-refractivity contribution >= 4 is 16.9 Å². The molecule has 0 atom stereocenters. The molecule has 0 amide bonds. The van der Waals surface area contributed by atoms with Gasteiger partial charge in [-0.05, 0) is 55.7 Å². The molecule has 0 saturated heterocycles. The van der Waals surface area contributed by atoms with Gasteiger partial charge in [-0.3, -0.25) is 0 Å². The van der Waals surface area contributed by atoms with Gasteiger partial charge in [0.2, 0.25) is 0 Å². The molecule has 4 aromatic rings. The Balaban J connectivity index is 1.61. The Morgan fingerprint density at radius 2 is 1.70 bits per heavy atom. The number of carboxylic acid groups (broad SMARTS) is 1. The summed E-state index contributed by atoms with van der Waals surface area (Å²) in [5.74, 6) is -0.0620. The molecule has 2 N–H and O–H groups in total. The molecule has 1 heterocycles. The Morgan fingerprint density at radius 3 is 2.36 bits per heavy atom. The average molecular weight is 443 g/mol. The summed E-state index contributed by atoms with van der Waals surface area (Å²) in [6.07, 6.45) is 0.139. The van der Waals surface area contributed by atoms with Crippen molar-refractivity contribution in [3.63, 3.8) is 0 Å². The van der Waals surface area contributed by atoms with Crippen molar-refractivity contribution in [2.45, 2.75) is 46.5 Å². The molecule has 0 aliphatic carbocycles. The van der Waals surface area contributed by atoms with Crippen LogP contribution in [0.15, 0.2) is 72.8 Å². The van der Waals surface area contributed by atoms with Crippen molar-refractivity contribution in [3.8, 4) is 5.75 Å². The molecule has 0 radical (unpaired) electrons. The quantitative estimate of drug-likeness (QED) is 0.345. The summed E-state index contributed by atoms with van der Waals surface area (Å²) in [5.41, 5.74) is 5.40. The zero-order valence-corrected chi connectivity index (χ0v) is 19.3. The highest BCUT2D eigenvalue weighted by Gasteiger charge is 2.22. The number of carbonyl (C=O) groups is 1. The molecule has 0 aliphatic heterocycles. The number of hydrogen-bond acceptors (Lipinski definition) is 3. The van der Waals surface area contributed by atoms with Crippen LogP contribution in [0.2, 0.25) is 0 Å². The van der Waals surface area contributed by atoms with Gasteiger partial charge in [-0.1, -0.05) is 54.6 Å². The van der Waals surface area contributed by atoms with Gasteiger partial charge < -0.3 is 19.7 Å². The highest BCUT2D eigenvalue weighted by molar-refractivity contribution is 5.98. The molecular formula is C28H30N2O3. The molecule has 3 aromatic carbocycles. The lowest BCUT2D eigenvalue weighted by Crippen LogP contribution is -2.17. The number of aryl methyl sites for hydroxylation is 1. The van der Waals surface area contributed by atoms with E-state index in [9.17, 15) is 9.90 Å². The van der Waals surface area contributed by atoms with Crippen LogP contribution in [0.4, 0.5) is 0 Å². The van der Waals surface area contributed by atoms with Crippen molar-refractivity contribution in [3.05, 3.63) is 101 Å². The summed E-state index contributed by atoms with van der Waals surface area (Å²) >= 11 is 0. The fourth-order valence-electron chi connectivity index (χ4n) is 4.17. The smallest absolute Gasteiger partial charge is 0.352 e. The molecule has 0 fully saturated rings. The Morgan fingerprint density at radius 1 is 0.970 bits per heavy atom. The third kappa shape index (κ3) is 5.26. The summed E-state index contributed by atoms with van der Waals surface area (Å²) in [7, 11) is 0. The van der Waals surface area contributed by atoms with E-state index in [4.69, 9.17) is 4.74 Å². The highest BCUT2D eigenvalue weighted by atomic mass is 16.5. The number of fused-ring (bicyclic) bond motifs is 1. The number of ether oxygens (including phenoxy) is 1. The van der Waals surface area contributed by atoms with E-state index in [-0.39, 0.29) is 6.10 Å². The summed E-state index contributed by atoms with van der Waals surface area (Å²) in [5, 5.41) is 14.6. The van der Waals surface area contributed by atoms with Crippen molar-refractivity contribution in [2.75, 3.05) is 0 Å². The minimum Gasteiger partial charge on any atom is -0.491 e. The predicted molar refractivity (Wildman–Crippen MR) is 132 cm³/mol. The molecule has 0 aliphatic rings.